The van der Waals surface area contributed by atoms with E-state index in [0.29, 0.717) is 0 Å². The lowest BCUT2D eigenvalue weighted by Gasteiger charge is -2.31. The Bertz CT molecular complexity index is 3460. The standard InChI is InChI=1S/C65H42/c1-5-19-43(20-6-1)48-35-49(44-21-7-2-8-22-44)38-52(37-48)47-33-34-58-62(41-47)65(60-31-17-15-28-55(60)56-29-16-18-32-61(56)65)63-42-59(54-27-13-14-30-57(54)64(58)63)53-39-50(45-23-9-3-10-24-45)36-51(40-53)46-25-11-4-12-26-46/h1-42H. The average molecular weight is 823 g/mol. The van der Waals surface area contributed by atoms with E-state index in [1.54, 1.807) is 0 Å². The first kappa shape index (κ1) is 37.3. The Morgan fingerprint density at radius 3 is 1.05 bits per heavy atom. The Labute approximate surface area is 380 Å². The molecule has 11 aromatic carbocycles. The van der Waals surface area contributed by atoms with Gasteiger partial charge in [0, 0.05) is 0 Å². The van der Waals surface area contributed by atoms with Gasteiger partial charge in [0.25, 0.3) is 0 Å². The third-order valence-corrected chi connectivity index (χ3v) is 14.0. The van der Waals surface area contributed by atoms with Gasteiger partial charge in [-0.2, -0.15) is 0 Å². The van der Waals surface area contributed by atoms with Crippen molar-refractivity contribution in [2.24, 2.45) is 0 Å². The van der Waals surface area contributed by atoms with Gasteiger partial charge in [0.05, 0.1) is 5.41 Å². The summed E-state index contributed by atoms with van der Waals surface area (Å²) in [5.41, 5.74) is 24.5. The quantitative estimate of drug-likeness (QED) is 0.157. The summed E-state index contributed by atoms with van der Waals surface area (Å²) < 4.78 is 0. The molecule has 2 aliphatic carbocycles. The van der Waals surface area contributed by atoms with Crippen LogP contribution in [0.5, 0.6) is 0 Å². The lowest BCUT2D eigenvalue weighted by atomic mass is 9.69. The van der Waals surface area contributed by atoms with E-state index >= 15 is 0 Å². The topological polar surface area (TPSA) is 0 Å². The maximum atomic E-state index is 2.57. The maximum Gasteiger partial charge on any atom is 0.0726 e. The monoisotopic (exact) mass is 822 g/mol. The second-order valence-electron chi connectivity index (χ2n) is 17.6. The summed E-state index contributed by atoms with van der Waals surface area (Å²) in [6.07, 6.45) is 0. The van der Waals surface area contributed by atoms with Crippen LogP contribution >= 0.6 is 0 Å². The molecule has 0 nitrogen and oxygen atoms in total. The van der Waals surface area contributed by atoms with Crippen LogP contribution in [0.25, 0.3) is 99.8 Å². The molecule has 13 rings (SSSR count). The molecule has 2 aliphatic rings. The van der Waals surface area contributed by atoms with Crippen LogP contribution in [0.1, 0.15) is 22.3 Å². The Morgan fingerprint density at radius 1 is 0.185 bits per heavy atom. The molecule has 302 valence electrons. The third-order valence-electron chi connectivity index (χ3n) is 14.0. The van der Waals surface area contributed by atoms with Gasteiger partial charge in [0.1, 0.15) is 0 Å². The van der Waals surface area contributed by atoms with Crippen molar-refractivity contribution in [2.45, 2.75) is 5.41 Å². The normalized spacial score (nSPS) is 12.7. The molecule has 65 heavy (non-hydrogen) atoms. The molecule has 0 heteroatoms. The number of hydrogen-bond acceptors (Lipinski definition) is 0. The molecular formula is C65H42. The fourth-order valence-corrected chi connectivity index (χ4v) is 11.2. The Hall–Kier alpha value is -8.32. The zero-order valence-corrected chi connectivity index (χ0v) is 35.7. The second kappa shape index (κ2) is 14.9. The largest absolute Gasteiger partial charge is 0.0726 e. The van der Waals surface area contributed by atoms with Gasteiger partial charge in [0.15, 0.2) is 0 Å². The van der Waals surface area contributed by atoms with Crippen LogP contribution in [0.3, 0.4) is 0 Å². The minimum atomic E-state index is -0.550. The molecule has 0 fully saturated rings. The fourth-order valence-electron chi connectivity index (χ4n) is 11.2. The van der Waals surface area contributed by atoms with Gasteiger partial charge < -0.3 is 0 Å². The first-order valence-electron chi connectivity index (χ1n) is 22.7. The zero-order chi connectivity index (χ0) is 42.9. The molecule has 1 spiro atoms. The Balaban J connectivity index is 1.11. The predicted molar refractivity (Wildman–Crippen MR) is 273 cm³/mol. The lowest BCUT2D eigenvalue weighted by Crippen LogP contribution is -2.26. The first-order chi connectivity index (χ1) is 32.2. The van der Waals surface area contributed by atoms with Crippen LogP contribution in [0.2, 0.25) is 0 Å². The van der Waals surface area contributed by atoms with Crippen LogP contribution in [0.4, 0.5) is 0 Å². The van der Waals surface area contributed by atoms with Crippen molar-refractivity contribution >= 4 is 10.8 Å². The highest BCUT2D eigenvalue weighted by atomic mass is 14.5. The van der Waals surface area contributed by atoms with Crippen LogP contribution in [-0.4, -0.2) is 0 Å². The molecule has 0 atom stereocenters. The van der Waals surface area contributed by atoms with E-state index in [4.69, 9.17) is 0 Å². The van der Waals surface area contributed by atoms with Crippen LogP contribution < -0.4 is 0 Å². The Kier molecular flexibility index (Phi) is 8.54. The fraction of sp³-hybridized carbons (Fsp3) is 0.0154. The molecule has 0 radical (unpaired) electrons. The van der Waals surface area contributed by atoms with Gasteiger partial charge in [-0.1, -0.05) is 206 Å². The summed E-state index contributed by atoms with van der Waals surface area (Å²) in [7, 11) is 0. The summed E-state index contributed by atoms with van der Waals surface area (Å²) in [6, 6.07) is 94.8. The van der Waals surface area contributed by atoms with Crippen molar-refractivity contribution in [1.82, 2.24) is 0 Å². The van der Waals surface area contributed by atoms with E-state index in [1.165, 1.54) is 122 Å². The molecular weight excluding hydrogens is 781 g/mol. The predicted octanol–water partition coefficient (Wildman–Crippen LogP) is 17.2. The van der Waals surface area contributed by atoms with Gasteiger partial charge in [-0.25, -0.2) is 0 Å². The van der Waals surface area contributed by atoms with Crippen molar-refractivity contribution in [3.8, 4) is 89.0 Å². The second-order valence-corrected chi connectivity index (χ2v) is 17.6. The number of fused-ring (bicyclic) bond motifs is 12. The third kappa shape index (κ3) is 5.84. The van der Waals surface area contributed by atoms with Crippen molar-refractivity contribution < 1.29 is 0 Å². The van der Waals surface area contributed by atoms with Crippen LogP contribution in [0.15, 0.2) is 255 Å². The molecule has 11 aromatic rings. The summed E-state index contributed by atoms with van der Waals surface area (Å²) in [6.45, 7) is 0. The minimum Gasteiger partial charge on any atom is -0.0622 e. The molecule has 0 heterocycles. The Morgan fingerprint density at radius 2 is 0.569 bits per heavy atom. The summed E-state index contributed by atoms with van der Waals surface area (Å²) >= 11 is 0. The van der Waals surface area contributed by atoms with E-state index in [-0.39, 0.29) is 0 Å². The molecule has 0 aliphatic heterocycles. The van der Waals surface area contributed by atoms with Gasteiger partial charge >= 0.3 is 0 Å². The number of rotatable bonds is 6. The smallest absolute Gasteiger partial charge is 0.0622 e. The zero-order valence-electron chi connectivity index (χ0n) is 35.7. The minimum absolute atomic E-state index is 0.550. The summed E-state index contributed by atoms with van der Waals surface area (Å²) in [5.74, 6) is 0. The highest BCUT2D eigenvalue weighted by Gasteiger charge is 2.52. The van der Waals surface area contributed by atoms with Crippen molar-refractivity contribution in [3.63, 3.8) is 0 Å². The van der Waals surface area contributed by atoms with Crippen molar-refractivity contribution in [1.29, 1.82) is 0 Å². The average Bonchev–Trinajstić information content (AvgIpc) is 3.86. The molecule has 0 unspecified atom stereocenters. The molecule has 0 saturated heterocycles. The van der Waals surface area contributed by atoms with Crippen molar-refractivity contribution in [3.05, 3.63) is 277 Å². The van der Waals surface area contributed by atoms with Gasteiger partial charge in [-0.15, -0.1) is 0 Å². The highest BCUT2D eigenvalue weighted by Crippen LogP contribution is 2.65. The lowest BCUT2D eigenvalue weighted by molar-refractivity contribution is 0.795. The van der Waals surface area contributed by atoms with Gasteiger partial charge in [-0.3, -0.25) is 0 Å². The van der Waals surface area contributed by atoms with Crippen LogP contribution in [-0.2, 0) is 5.41 Å². The van der Waals surface area contributed by atoms with Gasteiger partial charge in [-0.05, 0) is 171 Å². The molecule has 0 saturated carbocycles. The molecule has 0 amide bonds. The van der Waals surface area contributed by atoms with E-state index in [2.05, 4.69) is 255 Å². The van der Waals surface area contributed by atoms with Crippen LogP contribution in [0, 0.1) is 0 Å². The molecule has 0 N–H and O–H groups in total. The number of benzene rings is 11. The molecule has 0 aromatic heterocycles. The summed E-state index contributed by atoms with van der Waals surface area (Å²) in [5, 5.41) is 2.53. The first-order valence-corrected chi connectivity index (χ1v) is 22.7. The van der Waals surface area contributed by atoms with E-state index < -0.39 is 5.41 Å². The van der Waals surface area contributed by atoms with E-state index in [0.717, 1.165) is 0 Å². The van der Waals surface area contributed by atoms with E-state index in [1.807, 2.05) is 0 Å². The number of hydrogen-bond donors (Lipinski definition) is 0. The summed E-state index contributed by atoms with van der Waals surface area (Å²) in [4.78, 5) is 0. The molecule has 0 bridgehead atoms. The highest BCUT2D eigenvalue weighted by molar-refractivity contribution is 6.12. The van der Waals surface area contributed by atoms with E-state index in [9.17, 15) is 0 Å². The van der Waals surface area contributed by atoms with Crippen molar-refractivity contribution in [2.75, 3.05) is 0 Å². The van der Waals surface area contributed by atoms with Gasteiger partial charge in [0.2, 0.25) is 0 Å². The SMILES string of the molecule is c1ccc(-c2cc(-c3ccccc3)cc(-c3ccc4c(c3)C3(c5ccccc5-c5ccccc53)c3cc(-c5cc(-c6ccccc6)cc(-c6ccccc6)c5)c5ccccc5c3-4)c2)cc1. The maximum absolute atomic E-state index is 2.57.